The highest BCUT2D eigenvalue weighted by molar-refractivity contribution is 7.99. The van der Waals surface area contributed by atoms with Crippen molar-refractivity contribution < 1.29 is 13.5 Å². The lowest BCUT2D eigenvalue weighted by Crippen LogP contribution is -2.35. The molecular formula is C15H19NO3S2. The molecule has 0 bridgehead atoms. The normalized spacial score (nSPS) is 18.3. The van der Waals surface area contributed by atoms with E-state index in [-0.39, 0.29) is 17.5 Å². The molecule has 1 saturated heterocycles. The zero-order valence-electron chi connectivity index (χ0n) is 11.9. The standard InChI is InChI=1S/C15H19NO3S2/c1-12-5-6-15(13(10-12)4-2-3-8-17)21(18,19)16-14-7-9-20-11-14/h5-6,10,14,16-17H,3,7-9,11H2,1H3. The van der Waals surface area contributed by atoms with E-state index in [0.717, 1.165) is 23.5 Å². The molecule has 0 saturated carbocycles. The van der Waals surface area contributed by atoms with Gasteiger partial charge in [0, 0.05) is 23.8 Å². The third-order valence-electron chi connectivity index (χ3n) is 3.14. The van der Waals surface area contributed by atoms with Crippen molar-refractivity contribution >= 4 is 21.8 Å². The summed E-state index contributed by atoms with van der Waals surface area (Å²) in [4.78, 5) is 0.218. The lowest BCUT2D eigenvalue weighted by molar-refractivity contribution is 0.305. The molecule has 1 aliphatic heterocycles. The molecule has 1 fully saturated rings. The van der Waals surface area contributed by atoms with Gasteiger partial charge in [-0.05, 0) is 36.8 Å². The number of benzene rings is 1. The van der Waals surface area contributed by atoms with Gasteiger partial charge in [-0.1, -0.05) is 17.9 Å². The van der Waals surface area contributed by atoms with Gasteiger partial charge in [0.25, 0.3) is 0 Å². The molecule has 21 heavy (non-hydrogen) atoms. The summed E-state index contributed by atoms with van der Waals surface area (Å²) in [6, 6.07) is 5.14. The molecular weight excluding hydrogens is 306 g/mol. The van der Waals surface area contributed by atoms with Crippen LogP contribution in [-0.4, -0.2) is 37.7 Å². The third-order valence-corrected chi connectivity index (χ3v) is 5.88. The first-order valence-electron chi connectivity index (χ1n) is 6.83. The van der Waals surface area contributed by atoms with Crippen LogP contribution in [0.1, 0.15) is 24.0 Å². The van der Waals surface area contributed by atoms with Crippen LogP contribution in [0.4, 0.5) is 0 Å². The van der Waals surface area contributed by atoms with Crippen LogP contribution in [-0.2, 0) is 10.0 Å². The van der Waals surface area contributed by atoms with Crippen LogP contribution in [0.3, 0.4) is 0 Å². The van der Waals surface area contributed by atoms with E-state index in [1.54, 1.807) is 30.0 Å². The fraction of sp³-hybridized carbons (Fsp3) is 0.467. The molecule has 1 aliphatic rings. The minimum atomic E-state index is -3.56. The molecule has 0 spiro atoms. The Kier molecular flexibility index (Phi) is 5.71. The van der Waals surface area contributed by atoms with Gasteiger partial charge in [0.2, 0.25) is 10.0 Å². The quantitative estimate of drug-likeness (QED) is 0.824. The van der Waals surface area contributed by atoms with Gasteiger partial charge in [0.1, 0.15) is 0 Å². The molecule has 1 aromatic carbocycles. The zero-order valence-corrected chi connectivity index (χ0v) is 13.6. The number of hydrogen-bond donors (Lipinski definition) is 2. The van der Waals surface area contributed by atoms with Gasteiger partial charge in [-0.2, -0.15) is 11.8 Å². The smallest absolute Gasteiger partial charge is 0.242 e. The predicted molar refractivity (Wildman–Crippen MR) is 85.8 cm³/mol. The van der Waals surface area contributed by atoms with Gasteiger partial charge in [0.05, 0.1) is 11.5 Å². The van der Waals surface area contributed by atoms with Crippen molar-refractivity contribution in [3.8, 4) is 11.8 Å². The second kappa shape index (κ2) is 7.32. The topological polar surface area (TPSA) is 66.4 Å². The third kappa shape index (κ3) is 4.48. The molecule has 2 N–H and O–H groups in total. The molecule has 1 unspecified atom stereocenters. The lowest BCUT2D eigenvalue weighted by Gasteiger charge is -2.13. The van der Waals surface area contributed by atoms with Crippen LogP contribution in [0.2, 0.25) is 0 Å². The average Bonchev–Trinajstić information content (AvgIpc) is 2.91. The van der Waals surface area contributed by atoms with Crippen molar-refractivity contribution in [2.24, 2.45) is 0 Å². The second-order valence-corrected chi connectivity index (χ2v) is 7.79. The fourth-order valence-electron chi connectivity index (χ4n) is 2.10. The van der Waals surface area contributed by atoms with Crippen molar-refractivity contribution in [2.45, 2.75) is 30.7 Å². The van der Waals surface area contributed by atoms with E-state index in [1.807, 2.05) is 6.92 Å². The maximum atomic E-state index is 12.5. The lowest BCUT2D eigenvalue weighted by atomic mass is 10.1. The Morgan fingerprint density at radius 3 is 2.95 bits per heavy atom. The molecule has 6 heteroatoms. The van der Waals surface area contributed by atoms with Crippen LogP contribution < -0.4 is 4.72 Å². The summed E-state index contributed by atoms with van der Waals surface area (Å²) in [7, 11) is -3.56. The Morgan fingerprint density at radius 1 is 1.48 bits per heavy atom. The number of sulfonamides is 1. The average molecular weight is 325 g/mol. The van der Waals surface area contributed by atoms with Gasteiger partial charge in [-0.3, -0.25) is 0 Å². The van der Waals surface area contributed by atoms with Crippen LogP contribution in [0.15, 0.2) is 23.1 Å². The molecule has 114 valence electrons. The number of hydrogen-bond acceptors (Lipinski definition) is 4. The highest BCUT2D eigenvalue weighted by Crippen LogP contribution is 2.21. The van der Waals surface area contributed by atoms with Crippen molar-refractivity contribution in [3.63, 3.8) is 0 Å². The van der Waals surface area contributed by atoms with Gasteiger partial charge in [-0.25, -0.2) is 13.1 Å². The summed E-state index contributed by atoms with van der Waals surface area (Å²) >= 11 is 1.76. The summed E-state index contributed by atoms with van der Waals surface area (Å²) in [5.74, 6) is 7.45. The SMILES string of the molecule is Cc1ccc(S(=O)(=O)NC2CCSC2)c(C#CCCO)c1. The monoisotopic (exact) mass is 325 g/mol. The molecule has 0 aliphatic carbocycles. The van der Waals surface area contributed by atoms with Gasteiger partial charge in [-0.15, -0.1) is 0 Å². The van der Waals surface area contributed by atoms with E-state index in [0.29, 0.717) is 12.0 Å². The predicted octanol–water partition coefficient (Wildman–Crippen LogP) is 1.51. The Balaban J connectivity index is 2.31. The van der Waals surface area contributed by atoms with Crippen molar-refractivity contribution in [1.29, 1.82) is 0 Å². The summed E-state index contributed by atoms with van der Waals surface area (Å²) in [5, 5.41) is 8.78. The van der Waals surface area contributed by atoms with Crippen LogP contribution in [0, 0.1) is 18.8 Å². The molecule has 2 rings (SSSR count). The van der Waals surface area contributed by atoms with E-state index in [2.05, 4.69) is 16.6 Å². The summed E-state index contributed by atoms with van der Waals surface area (Å²) in [6.45, 7) is 1.87. The van der Waals surface area contributed by atoms with Gasteiger partial charge >= 0.3 is 0 Å². The van der Waals surface area contributed by atoms with E-state index in [4.69, 9.17) is 5.11 Å². The number of thioether (sulfide) groups is 1. The Hall–Kier alpha value is -1.00. The maximum absolute atomic E-state index is 12.5. The summed E-state index contributed by atoms with van der Waals surface area (Å²) in [6.07, 6.45) is 1.20. The number of nitrogens with one attached hydrogen (secondary N) is 1. The van der Waals surface area contributed by atoms with Gasteiger partial charge in [0.15, 0.2) is 0 Å². The van der Waals surface area contributed by atoms with Gasteiger partial charge < -0.3 is 5.11 Å². The second-order valence-electron chi connectivity index (χ2n) is 4.96. The first kappa shape index (κ1) is 16.4. The zero-order chi connectivity index (χ0) is 15.3. The molecule has 0 aromatic heterocycles. The highest BCUT2D eigenvalue weighted by Gasteiger charge is 2.24. The highest BCUT2D eigenvalue weighted by atomic mass is 32.2. The van der Waals surface area contributed by atoms with Crippen molar-refractivity contribution in [3.05, 3.63) is 29.3 Å². The Morgan fingerprint density at radius 2 is 2.29 bits per heavy atom. The Labute approximate surface area is 130 Å². The fourth-order valence-corrected chi connectivity index (χ4v) is 4.77. The summed E-state index contributed by atoms with van der Waals surface area (Å²) in [5.41, 5.74) is 1.44. The van der Waals surface area contributed by atoms with E-state index < -0.39 is 10.0 Å². The van der Waals surface area contributed by atoms with E-state index in [1.165, 1.54) is 0 Å². The van der Waals surface area contributed by atoms with Crippen LogP contribution in [0.25, 0.3) is 0 Å². The first-order valence-corrected chi connectivity index (χ1v) is 9.47. The number of rotatable bonds is 4. The van der Waals surface area contributed by atoms with Crippen LogP contribution in [0.5, 0.6) is 0 Å². The number of aryl methyl sites for hydroxylation is 1. The first-order chi connectivity index (χ1) is 10.0. The molecule has 1 heterocycles. The van der Waals surface area contributed by atoms with E-state index >= 15 is 0 Å². The molecule has 4 nitrogen and oxygen atoms in total. The minimum absolute atomic E-state index is 0.000413. The van der Waals surface area contributed by atoms with E-state index in [9.17, 15) is 8.42 Å². The van der Waals surface area contributed by atoms with Crippen molar-refractivity contribution in [2.75, 3.05) is 18.1 Å². The number of aliphatic hydroxyl groups excluding tert-OH is 1. The maximum Gasteiger partial charge on any atom is 0.242 e. The molecule has 0 radical (unpaired) electrons. The molecule has 1 atom stereocenters. The number of aliphatic hydroxyl groups is 1. The minimum Gasteiger partial charge on any atom is -0.395 e. The largest absolute Gasteiger partial charge is 0.395 e. The molecule has 0 amide bonds. The molecule has 1 aromatic rings. The van der Waals surface area contributed by atoms with Crippen LogP contribution >= 0.6 is 11.8 Å². The Bertz CT molecular complexity index is 653. The summed E-state index contributed by atoms with van der Waals surface area (Å²) < 4.78 is 27.8. The van der Waals surface area contributed by atoms with Crippen molar-refractivity contribution in [1.82, 2.24) is 4.72 Å².